The Morgan fingerprint density at radius 2 is 1.79 bits per heavy atom. The molecule has 3 rings (SSSR count). The van der Waals surface area contributed by atoms with Gasteiger partial charge in [0.2, 0.25) is 23.1 Å². The first kappa shape index (κ1) is 20.6. The molecule has 2 aliphatic carbocycles. The molecule has 1 atom stereocenters. The van der Waals surface area contributed by atoms with Gasteiger partial charge in [-0.05, 0) is 18.9 Å². The van der Waals surface area contributed by atoms with E-state index in [9.17, 15) is 19.5 Å². The molecule has 0 aromatic heterocycles. The van der Waals surface area contributed by atoms with Gasteiger partial charge in [0.15, 0.2) is 11.5 Å². The van der Waals surface area contributed by atoms with Crippen molar-refractivity contribution in [1.82, 2.24) is 0 Å². The standard InChI is InChI=1S/C21H24N2O6/c1-10(2)20(26)23-14-9-16(29-4)15(28-3)8-12(14)21(27)18(24)11-6-5-7-13(22)17(11)19(21)25/h6,8-10,27H,5,7,22H2,1-4H3,(H,23,26). The molecule has 0 saturated heterocycles. The number of aliphatic hydroxyl groups is 1. The molecule has 1 fully saturated rings. The van der Waals surface area contributed by atoms with Gasteiger partial charge in [0.05, 0.1) is 25.5 Å². The van der Waals surface area contributed by atoms with Crippen LogP contribution in [0.1, 0.15) is 32.3 Å². The van der Waals surface area contributed by atoms with E-state index < -0.39 is 17.2 Å². The van der Waals surface area contributed by atoms with Crippen molar-refractivity contribution in [3.63, 3.8) is 0 Å². The number of hydrogen-bond donors (Lipinski definition) is 3. The van der Waals surface area contributed by atoms with E-state index in [4.69, 9.17) is 15.2 Å². The molecule has 0 radical (unpaired) electrons. The molecule has 1 aromatic carbocycles. The minimum Gasteiger partial charge on any atom is -0.493 e. The molecule has 1 saturated carbocycles. The SMILES string of the molecule is COc1cc(NC(=O)C(C)C)c(C2(O)C(=O)C3=CCCC(N)=C3C2=O)cc1OC. The highest BCUT2D eigenvalue weighted by molar-refractivity contribution is 6.35. The van der Waals surface area contributed by atoms with Crippen molar-refractivity contribution in [2.24, 2.45) is 11.7 Å². The smallest absolute Gasteiger partial charge is 0.226 e. The summed E-state index contributed by atoms with van der Waals surface area (Å²) >= 11 is 0. The largest absolute Gasteiger partial charge is 0.493 e. The van der Waals surface area contributed by atoms with Crippen molar-refractivity contribution in [3.8, 4) is 11.5 Å². The van der Waals surface area contributed by atoms with E-state index in [1.807, 2.05) is 0 Å². The zero-order chi connectivity index (χ0) is 21.5. The number of anilines is 1. The average Bonchev–Trinajstić information content (AvgIpc) is 2.90. The Hall–Kier alpha value is -3.13. The first-order valence-corrected chi connectivity index (χ1v) is 9.25. The third-order valence-electron chi connectivity index (χ3n) is 5.18. The number of nitrogens with two attached hydrogens (primary N) is 1. The third-order valence-corrected chi connectivity index (χ3v) is 5.18. The van der Waals surface area contributed by atoms with Crippen molar-refractivity contribution in [1.29, 1.82) is 0 Å². The van der Waals surface area contributed by atoms with Crippen LogP contribution >= 0.6 is 0 Å². The monoisotopic (exact) mass is 400 g/mol. The number of allylic oxidation sites excluding steroid dienone is 2. The second kappa shape index (κ2) is 7.36. The third kappa shape index (κ3) is 3.09. The zero-order valence-corrected chi connectivity index (χ0v) is 16.8. The summed E-state index contributed by atoms with van der Waals surface area (Å²) in [5.74, 6) is -1.83. The quantitative estimate of drug-likeness (QED) is 0.640. The van der Waals surface area contributed by atoms with Crippen molar-refractivity contribution >= 4 is 23.2 Å². The Balaban J connectivity index is 2.26. The minimum atomic E-state index is -2.52. The van der Waals surface area contributed by atoms with E-state index in [0.29, 0.717) is 12.8 Å². The number of nitrogens with one attached hydrogen (secondary N) is 1. The van der Waals surface area contributed by atoms with Crippen LogP contribution in [0.25, 0.3) is 0 Å². The molecular formula is C21H24N2O6. The molecule has 0 spiro atoms. The number of rotatable bonds is 5. The van der Waals surface area contributed by atoms with Gasteiger partial charge >= 0.3 is 0 Å². The number of amides is 1. The summed E-state index contributed by atoms with van der Waals surface area (Å²) in [4.78, 5) is 38.6. The lowest BCUT2D eigenvalue weighted by molar-refractivity contribution is -0.143. The Bertz CT molecular complexity index is 976. The predicted octanol–water partition coefficient (Wildman–Crippen LogP) is 1.57. The summed E-state index contributed by atoms with van der Waals surface area (Å²) < 4.78 is 10.5. The highest BCUT2D eigenvalue weighted by Gasteiger charge is 2.57. The molecule has 1 aromatic rings. The van der Waals surface area contributed by atoms with Gasteiger partial charge < -0.3 is 25.6 Å². The number of Topliss-reactive ketones (excluding diaryl/α,β-unsaturated/α-hetero) is 2. The number of fused-ring (bicyclic) bond motifs is 1. The van der Waals surface area contributed by atoms with Crippen molar-refractivity contribution in [2.45, 2.75) is 32.3 Å². The van der Waals surface area contributed by atoms with Gasteiger partial charge in [-0.2, -0.15) is 0 Å². The highest BCUT2D eigenvalue weighted by atomic mass is 16.5. The molecule has 29 heavy (non-hydrogen) atoms. The molecule has 0 aliphatic heterocycles. The number of hydrogen-bond acceptors (Lipinski definition) is 7. The minimum absolute atomic E-state index is 0.0414. The first-order valence-electron chi connectivity index (χ1n) is 9.25. The zero-order valence-electron chi connectivity index (χ0n) is 16.8. The second-order valence-electron chi connectivity index (χ2n) is 7.32. The van der Waals surface area contributed by atoms with Crippen LogP contribution in [-0.4, -0.2) is 36.8 Å². The summed E-state index contributed by atoms with van der Waals surface area (Å²) in [5.41, 5.74) is 3.87. The maximum atomic E-state index is 13.2. The van der Waals surface area contributed by atoms with E-state index >= 15 is 0 Å². The van der Waals surface area contributed by atoms with Crippen LogP contribution in [0.3, 0.4) is 0 Å². The van der Waals surface area contributed by atoms with Crippen LogP contribution < -0.4 is 20.5 Å². The molecule has 0 heterocycles. The highest BCUT2D eigenvalue weighted by Crippen LogP contribution is 2.47. The van der Waals surface area contributed by atoms with Crippen LogP contribution in [0.4, 0.5) is 5.69 Å². The summed E-state index contributed by atoms with van der Waals surface area (Å²) in [6.45, 7) is 3.39. The molecule has 8 heteroatoms. The number of benzene rings is 1. The Morgan fingerprint density at radius 3 is 2.34 bits per heavy atom. The second-order valence-corrected chi connectivity index (χ2v) is 7.32. The molecule has 154 valence electrons. The molecular weight excluding hydrogens is 376 g/mol. The summed E-state index contributed by atoms with van der Waals surface area (Å²) in [7, 11) is 2.80. The van der Waals surface area contributed by atoms with Gasteiger partial charge in [-0.15, -0.1) is 0 Å². The van der Waals surface area contributed by atoms with Crippen LogP contribution in [0.15, 0.2) is 35.1 Å². The number of carbonyl (C=O) groups is 3. The average molecular weight is 400 g/mol. The number of methoxy groups -OCH3 is 2. The Labute approximate surface area is 168 Å². The van der Waals surface area contributed by atoms with Crippen molar-refractivity contribution in [2.75, 3.05) is 19.5 Å². The predicted molar refractivity (Wildman–Crippen MR) is 105 cm³/mol. The number of ether oxygens (including phenoxy) is 2. The molecule has 4 N–H and O–H groups in total. The van der Waals surface area contributed by atoms with Gasteiger partial charge in [0, 0.05) is 28.8 Å². The lowest BCUT2D eigenvalue weighted by atomic mass is 9.87. The Morgan fingerprint density at radius 1 is 1.17 bits per heavy atom. The van der Waals surface area contributed by atoms with Crippen molar-refractivity contribution in [3.05, 3.63) is 40.6 Å². The van der Waals surface area contributed by atoms with Gasteiger partial charge in [-0.1, -0.05) is 19.9 Å². The lowest BCUT2D eigenvalue weighted by Gasteiger charge is -2.24. The molecule has 0 bridgehead atoms. The van der Waals surface area contributed by atoms with Crippen LogP contribution in [0.5, 0.6) is 11.5 Å². The van der Waals surface area contributed by atoms with Crippen LogP contribution in [-0.2, 0) is 20.0 Å². The number of carbonyl (C=O) groups excluding carboxylic acids is 3. The molecule has 2 aliphatic rings. The fraction of sp³-hybridized carbons (Fsp3) is 0.381. The summed E-state index contributed by atoms with van der Waals surface area (Å²) in [6.07, 6.45) is 2.54. The van der Waals surface area contributed by atoms with Gasteiger partial charge in [-0.3, -0.25) is 14.4 Å². The van der Waals surface area contributed by atoms with E-state index in [1.54, 1.807) is 19.9 Å². The maximum Gasteiger partial charge on any atom is 0.226 e. The fourth-order valence-corrected chi connectivity index (χ4v) is 3.53. The maximum absolute atomic E-state index is 13.2. The number of ketones is 2. The summed E-state index contributed by atoms with van der Waals surface area (Å²) in [5, 5.41) is 14.1. The molecule has 1 amide bonds. The van der Waals surface area contributed by atoms with E-state index in [-0.39, 0.29) is 51.4 Å². The van der Waals surface area contributed by atoms with Gasteiger partial charge in [-0.25, -0.2) is 0 Å². The Kier molecular flexibility index (Phi) is 5.23. The first-order chi connectivity index (χ1) is 13.7. The lowest BCUT2D eigenvalue weighted by Crippen LogP contribution is -2.39. The van der Waals surface area contributed by atoms with Gasteiger partial charge in [0.1, 0.15) is 0 Å². The van der Waals surface area contributed by atoms with E-state index in [0.717, 1.165) is 0 Å². The topological polar surface area (TPSA) is 128 Å². The summed E-state index contributed by atoms with van der Waals surface area (Å²) in [6, 6.07) is 2.75. The fourth-order valence-electron chi connectivity index (χ4n) is 3.53. The normalized spacial score (nSPS) is 21.2. The van der Waals surface area contributed by atoms with Gasteiger partial charge in [0.25, 0.3) is 0 Å². The van der Waals surface area contributed by atoms with Crippen LogP contribution in [0.2, 0.25) is 0 Å². The van der Waals surface area contributed by atoms with Crippen LogP contribution in [0, 0.1) is 5.92 Å². The van der Waals surface area contributed by atoms with Crippen molar-refractivity contribution < 1.29 is 29.0 Å². The molecule has 1 unspecified atom stereocenters. The van der Waals surface area contributed by atoms with E-state index in [1.165, 1.54) is 26.4 Å². The van der Waals surface area contributed by atoms with E-state index in [2.05, 4.69) is 5.32 Å². The molecule has 8 nitrogen and oxygen atoms in total.